The monoisotopic (exact) mass is 200 g/mol. The van der Waals surface area contributed by atoms with Crippen LogP contribution in [0, 0.1) is 0 Å². The van der Waals surface area contributed by atoms with E-state index >= 15 is 0 Å². The zero-order chi connectivity index (χ0) is 9.68. The highest BCUT2D eigenvalue weighted by Gasteiger charge is 2.01. The van der Waals surface area contributed by atoms with Crippen molar-refractivity contribution in [3.05, 3.63) is 23.2 Å². The molecule has 0 heterocycles. The van der Waals surface area contributed by atoms with Crippen LogP contribution in [0.25, 0.3) is 0 Å². The zero-order valence-electron chi connectivity index (χ0n) is 7.51. The van der Waals surface area contributed by atoms with Gasteiger partial charge < -0.3 is 15.8 Å². The maximum Gasteiger partial charge on any atom is 0.142 e. The Hall–Kier alpha value is -0.930. The predicted octanol–water partition coefficient (Wildman–Crippen LogP) is 1.72. The Kier molecular flexibility index (Phi) is 3.86. The van der Waals surface area contributed by atoms with Gasteiger partial charge in [-0.3, -0.25) is 0 Å². The van der Waals surface area contributed by atoms with Crippen molar-refractivity contribution in [1.29, 1.82) is 0 Å². The number of anilines is 1. The largest absolute Gasteiger partial charge is 0.495 e. The smallest absolute Gasteiger partial charge is 0.142 e. The van der Waals surface area contributed by atoms with Gasteiger partial charge >= 0.3 is 0 Å². The number of ether oxygens (including phenoxy) is 1. The Bertz CT molecular complexity index is 278. The molecule has 0 aliphatic heterocycles. The molecule has 1 aromatic rings. The Morgan fingerprint density at radius 1 is 1.54 bits per heavy atom. The topological polar surface area (TPSA) is 47.3 Å². The first kappa shape index (κ1) is 10.2. The van der Waals surface area contributed by atoms with Crippen LogP contribution in [0.1, 0.15) is 0 Å². The highest BCUT2D eigenvalue weighted by molar-refractivity contribution is 6.30. The molecular formula is C9H13ClN2O. The minimum absolute atomic E-state index is 0.579. The third-order valence-electron chi connectivity index (χ3n) is 1.62. The molecule has 72 valence electrons. The molecule has 1 aromatic carbocycles. The van der Waals surface area contributed by atoms with Gasteiger partial charge in [-0.1, -0.05) is 11.6 Å². The summed E-state index contributed by atoms with van der Waals surface area (Å²) in [5.74, 6) is 0.776. The summed E-state index contributed by atoms with van der Waals surface area (Å²) in [6.07, 6.45) is 0. The Morgan fingerprint density at radius 3 is 2.92 bits per heavy atom. The van der Waals surface area contributed by atoms with Gasteiger partial charge in [0, 0.05) is 18.1 Å². The van der Waals surface area contributed by atoms with Gasteiger partial charge in [0.25, 0.3) is 0 Å². The van der Waals surface area contributed by atoms with Crippen LogP contribution in [0.15, 0.2) is 18.2 Å². The highest BCUT2D eigenvalue weighted by Crippen LogP contribution is 2.27. The van der Waals surface area contributed by atoms with Gasteiger partial charge in [-0.2, -0.15) is 0 Å². The van der Waals surface area contributed by atoms with E-state index in [9.17, 15) is 0 Å². The van der Waals surface area contributed by atoms with Crippen LogP contribution in [-0.4, -0.2) is 20.2 Å². The zero-order valence-corrected chi connectivity index (χ0v) is 8.27. The molecule has 3 N–H and O–H groups in total. The van der Waals surface area contributed by atoms with E-state index in [1.807, 2.05) is 12.1 Å². The molecule has 0 atom stereocenters. The molecule has 1 rings (SSSR count). The van der Waals surface area contributed by atoms with Gasteiger partial charge in [0.1, 0.15) is 5.75 Å². The second kappa shape index (κ2) is 4.94. The minimum Gasteiger partial charge on any atom is -0.495 e. The van der Waals surface area contributed by atoms with E-state index in [2.05, 4.69) is 5.32 Å². The van der Waals surface area contributed by atoms with Crippen molar-refractivity contribution in [2.75, 3.05) is 25.5 Å². The molecule has 0 unspecified atom stereocenters. The van der Waals surface area contributed by atoms with E-state index in [1.165, 1.54) is 0 Å². The quantitative estimate of drug-likeness (QED) is 0.778. The summed E-state index contributed by atoms with van der Waals surface area (Å²) in [4.78, 5) is 0. The van der Waals surface area contributed by atoms with Gasteiger partial charge in [-0.05, 0) is 18.2 Å². The van der Waals surface area contributed by atoms with Crippen molar-refractivity contribution in [2.45, 2.75) is 0 Å². The summed E-state index contributed by atoms with van der Waals surface area (Å²) < 4.78 is 5.14. The Morgan fingerprint density at radius 2 is 2.31 bits per heavy atom. The van der Waals surface area contributed by atoms with Crippen LogP contribution < -0.4 is 15.8 Å². The molecule has 0 fully saturated rings. The molecule has 3 nitrogen and oxygen atoms in total. The first-order chi connectivity index (χ1) is 6.27. The van der Waals surface area contributed by atoms with Gasteiger partial charge in [0.15, 0.2) is 0 Å². The Labute approximate surface area is 82.8 Å². The molecule has 0 saturated heterocycles. The van der Waals surface area contributed by atoms with Gasteiger partial charge in [-0.15, -0.1) is 0 Å². The second-order valence-electron chi connectivity index (χ2n) is 2.56. The maximum absolute atomic E-state index is 5.83. The summed E-state index contributed by atoms with van der Waals surface area (Å²) in [7, 11) is 1.62. The summed E-state index contributed by atoms with van der Waals surface area (Å²) in [5, 5.41) is 3.80. The molecule has 0 radical (unpaired) electrons. The van der Waals surface area contributed by atoms with Crippen molar-refractivity contribution in [3.63, 3.8) is 0 Å². The van der Waals surface area contributed by atoms with Crippen LogP contribution in [0.3, 0.4) is 0 Å². The van der Waals surface area contributed by atoms with Crippen LogP contribution in [0.2, 0.25) is 5.02 Å². The molecule has 0 amide bonds. The molecule has 0 aromatic heterocycles. The summed E-state index contributed by atoms with van der Waals surface area (Å²) in [5.41, 5.74) is 6.25. The summed E-state index contributed by atoms with van der Waals surface area (Å²) >= 11 is 5.83. The average molecular weight is 201 g/mol. The third kappa shape index (κ3) is 2.79. The molecule has 13 heavy (non-hydrogen) atoms. The SMILES string of the molecule is COc1ccc(Cl)cc1NCCN. The fraction of sp³-hybridized carbons (Fsp3) is 0.333. The molecule has 0 bridgehead atoms. The summed E-state index contributed by atoms with van der Waals surface area (Å²) in [6.45, 7) is 1.28. The van der Waals surface area contributed by atoms with Crippen LogP contribution >= 0.6 is 11.6 Å². The predicted molar refractivity (Wildman–Crippen MR) is 55.5 cm³/mol. The molecule has 0 spiro atoms. The number of hydrogen-bond acceptors (Lipinski definition) is 3. The normalized spacial score (nSPS) is 9.77. The Balaban J connectivity index is 2.81. The van der Waals surface area contributed by atoms with Crippen molar-refractivity contribution in [2.24, 2.45) is 5.73 Å². The standard InChI is InChI=1S/C9H13ClN2O/c1-13-9-3-2-7(10)6-8(9)12-5-4-11/h2-3,6,12H,4-5,11H2,1H3. The van der Waals surface area contributed by atoms with E-state index in [0.29, 0.717) is 18.1 Å². The number of rotatable bonds is 4. The molecule has 0 aliphatic rings. The maximum atomic E-state index is 5.83. The van der Waals surface area contributed by atoms with Gasteiger partial charge in [0.2, 0.25) is 0 Å². The second-order valence-corrected chi connectivity index (χ2v) is 3.00. The van der Waals surface area contributed by atoms with Crippen molar-refractivity contribution >= 4 is 17.3 Å². The summed E-state index contributed by atoms with van der Waals surface area (Å²) in [6, 6.07) is 5.42. The van der Waals surface area contributed by atoms with Crippen molar-refractivity contribution in [1.82, 2.24) is 0 Å². The highest BCUT2D eigenvalue weighted by atomic mass is 35.5. The lowest BCUT2D eigenvalue weighted by Gasteiger charge is -2.10. The van der Waals surface area contributed by atoms with E-state index < -0.39 is 0 Å². The van der Waals surface area contributed by atoms with Crippen molar-refractivity contribution in [3.8, 4) is 5.75 Å². The first-order valence-corrected chi connectivity index (χ1v) is 4.43. The number of nitrogens with one attached hydrogen (secondary N) is 1. The van der Waals surface area contributed by atoms with Crippen molar-refractivity contribution < 1.29 is 4.74 Å². The van der Waals surface area contributed by atoms with E-state index in [1.54, 1.807) is 13.2 Å². The third-order valence-corrected chi connectivity index (χ3v) is 1.86. The van der Waals surface area contributed by atoms with E-state index in [-0.39, 0.29) is 0 Å². The average Bonchev–Trinajstić information content (AvgIpc) is 2.15. The first-order valence-electron chi connectivity index (χ1n) is 4.05. The van der Waals surface area contributed by atoms with E-state index in [4.69, 9.17) is 22.1 Å². The molecular weight excluding hydrogens is 188 g/mol. The lowest BCUT2D eigenvalue weighted by molar-refractivity contribution is 0.416. The van der Waals surface area contributed by atoms with Crippen LogP contribution in [-0.2, 0) is 0 Å². The van der Waals surface area contributed by atoms with E-state index in [0.717, 1.165) is 11.4 Å². The fourth-order valence-corrected chi connectivity index (χ4v) is 1.20. The number of hydrogen-bond donors (Lipinski definition) is 2. The molecule has 4 heteroatoms. The molecule has 0 saturated carbocycles. The fourth-order valence-electron chi connectivity index (χ4n) is 1.03. The lowest BCUT2D eigenvalue weighted by Crippen LogP contribution is -2.13. The van der Waals surface area contributed by atoms with Gasteiger partial charge in [0.05, 0.1) is 12.8 Å². The minimum atomic E-state index is 0.579. The number of halogens is 1. The number of nitrogens with two attached hydrogens (primary N) is 1. The number of benzene rings is 1. The van der Waals surface area contributed by atoms with Gasteiger partial charge in [-0.25, -0.2) is 0 Å². The van der Waals surface area contributed by atoms with Crippen LogP contribution in [0.4, 0.5) is 5.69 Å². The molecule has 0 aliphatic carbocycles. The lowest BCUT2D eigenvalue weighted by atomic mass is 10.3. The van der Waals surface area contributed by atoms with Crippen LogP contribution in [0.5, 0.6) is 5.75 Å². The number of methoxy groups -OCH3 is 1.